The summed E-state index contributed by atoms with van der Waals surface area (Å²) in [4.78, 5) is 16.7. The molecule has 0 aliphatic rings. The van der Waals surface area contributed by atoms with Gasteiger partial charge >= 0.3 is 0 Å². The van der Waals surface area contributed by atoms with Gasteiger partial charge in [0.2, 0.25) is 0 Å². The van der Waals surface area contributed by atoms with Gasteiger partial charge in [-0.05, 0) is 55.0 Å². The quantitative estimate of drug-likeness (QED) is 0.341. The summed E-state index contributed by atoms with van der Waals surface area (Å²) in [6, 6.07) is 22.5. The molecule has 0 aliphatic heterocycles. The molecule has 0 unspecified atom stereocenters. The average Bonchev–Trinajstić information content (AvgIpc) is 3.42. The first-order chi connectivity index (χ1) is 16.7. The van der Waals surface area contributed by atoms with Crippen molar-refractivity contribution in [2.45, 2.75) is 13.5 Å². The minimum absolute atomic E-state index is 0.194. The number of hydrogen-bond acceptors (Lipinski definition) is 6. The van der Waals surface area contributed by atoms with Gasteiger partial charge in [0.05, 0.1) is 12.3 Å². The summed E-state index contributed by atoms with van der Waals surface area (Å²) in [7, 11) is 0. The van der Waals surface area contributed by atoms with E-state index in [1.54, 1.807) is 29.2 Å². The second-order valence-electron chi connectivity index (χ2n) is 7.29. The second-order valence-corrected chi connectivity index (χ2v) is 7.29. The number of nitrogens with one attached hydrogen (secondary N) is 1. The van der Waals surface area contributed by atoms with Crippen molar-refractivity contribution < 1.29 is 19.0 Å². The van der Waals surface area contributed by atoms with Crippen molar-refractivity contribution in [2.24, 2.45) is 0 Å². The van der Waals surface area contributed by atoms with Gasteiger partial charge in [0, 0.05) is 12.1 Å². The fraction of sp³-hybridized carbons (Fsp3) is 0.192. The maximum absolute atomic E-state index is 12.7. The predicted octanol–water partition coefficient (Wildman–Crippen LogP) is 4.05. The number of carbonyl (C=O) groups is 1. The van der Waals surface area contributed by atoms with Gasteiger partial charge in [-0.25, -0.2) is 9.67 Å². The predicted molar refractivity (Wildman–Crippen MR) is 128 cm³/mol. The van der Waals surface area contributed by atoms with E-state index >= 15 is 0 Å². The number of benzene rings is 3. The Morgan fingerprint density at radius 2 is 1.71 bits per heavy atom. The highest BCUT2D eigenvalue weighted by Crippen LogP contribution is 2.28. The summed E-state index contributed by atoms with van der Waals surface area (Å²) < 4.78 is 18.8. The molecule has 1 N–H and O–H groups in total. The molecule has 0 radical (unpaired) electrons. The highest BCUT2D eigenvalue weighted by atomic mass is 16.5. The fourth-order valence-electron chi connectivity index (χ4n) is 3.26. The molecule has 8 heteroatoms. The Morgan fingerprint density at radius 1 is 0.912 bits per heavy atom. The molecule has 0 atom stereocenters. The minimum atomic E-state index is -0.194. The SMILES string of the molecule is CCOc1cc(C(=O)NCc2ccc(-n3cncn3)cc2)ccc1OCCOc1ccccc1. The Morgan fingerprint density at radius 3 is 2.44 bits per heavy atom. The van der Waals surface area contributed by atoms with Gasteiger partial charge in [0.25, 0.3) is 5.91 Å². The Balaban J connectivity index is 1.31. The summed E-state index contributed by atoms with van der Waals surface area (Å²) in [6.45, 7) is 3.49. The van der Waals surface area contributed by atoms with Crippen LogP contribution in [0.4, 0.5) is 0 Å². The zero-order valence-electron chi connectivity index (χ0n) is 18.9. The molecule has 3 aromatic carbocycles. The van der Waals surface area contributed by atoms with Crippen LogP contribution in [-0.2, 0) is 6.54 Å². The van der Waals surface area contributed by atoms with Crippen LogP contribution >= 0.6 is 0 Å². The van der Waals surface area contributed by atoms with E-state index in [0.29, 0.717) is 43.4 Å². The summed E-state index contributed by atoms with van der Waals surface area (Å²) in [5.74, 6) is 1.68. The zero-order valence-corrected chi connectivity index (χ0v) is 18.9. The third-order valence-corrected chi connectivity index (χ3v) is 4.93. The van der Waals surface area contributed by atoms with E-state index < -0.39 is 0 Å². The molecular weight excluding hydrogens is 432 g/mol. The van der Waals surface area contributed by atoms with Crippen LogP contribution in [0, 0.1) is 0 Å². The van der Waals surface area contributed by atoms with Crippen molar-refractivity contribution in [3.8, 4) is 22.9 Å². The Kier molecular flexibility index (Phi) is 7.74. The Bertz CT molecular complexity index is 1180. The maximum atomic E-state index is 12.7. The number of amides is 1. The molecule has 0 aliphatic carbocycles. The second kappa shape index (κ2) is 11.5. The molecule has 0 spiro atoms. The zero-order chi connectivity index (χ0) is 23.6. The fourth-order valence-corrected chi connectivity index (χ4v) is 3.26. The van der Waals surface area contributed by atoms with Gasteiger partial charge in [-0.3, -0.25) is 4.79 Å². The lowest BCUT2D eigenvalue weighted by Crippen LogP contribution is -2.23. The number of para-hydroxylation sites is 1. The lowest BCUT2D eigenvalue weighted by Gasteiger charge is -2.14. The van der Waals surface area contributed by atoms with Crippen LogP contribution < -0.4 is 19.5 Å². The maximum Gasteiger partial charge on any atom is 0.251 e. The van der Waals surface area contributed by atoms with Crippen LogP contribution in [0.15, 0.2) is 85.5 Å². The molecule has 0 saturated heterocycles. The number of nitrogens with zero attached hydrogens (tertiary/aromatic N) is 3. The van der Waals surface area contributed by atoms with E-state index in [9.17, 15) is 4.79 Å². The molecule has 0 bridgehead atoms. The van der Waals surface area contributed by atoms with Gasteiger partial charge in [-0.1, -0.05) is 30.3 Å². The van der Waals surface area contributed by atoms with Gasteiger partial charge in [-0.2, -0.15) is 5.10 Å². The third kappa shape index (κ3) is 6.13. The molecule has 174 valence electrons. The molecule has 4 aromatic rings. The highest BCUT2D eigenvalue weighted by molar-refractivity contribution is 5.94. The van der Waals surface area contributed by atoms with Crippen LogP contribution in [0.5, 0.6) is 17.2 Å². The smallest absolute Gasteiger partial charge is 0.251 e. The summed E-state index contributed by atoms with van der Waals surface area (Å²) in [6.07, 6.45) is 3.12. The van der Waals surface area contributed by atoms with Crippen LogP contribution in [0.1, 0.15) is 22.8 Å². The first-order valence-electron chi connectivity index (χ1n) is 11.0. The summed E-state index contributed by atoms with van der Waals surface area (Å²) >= 11 is 0. The summed E-state index contributed by atoms with van der Waals surface area (Å²) in [5.41, 5.74) is 2.37. The molecule has 8 nitrogen and oxygen atoms in total. The Hall–Kier alpha value is -4.33. The average molecular weight is 459 g/mol. The van der Waals surface area contributed by atoms with Crippen molar-refractivity contribution in [2.75, 3.05) is 19.8 Å². The van der Waals surface area contributed by atoms with E-state index in [1.807, 2.05) is 61.5 Å². The number of hydrogen-bond donors (Lipinski definition) is 1. The normalized spacial score (nSPS) is 10.5. The molecule has 4 rings (SSSR count). The third-order valence-electron chi connectivity index (χ3n) is 4.93. The number of rotatable bonds is 11. The van der Waals surface area contributed by atoms with Crippen LogP contribution in [0.2, 0.25) is 0 Å². The van der Waals surface area contributed by atoms with Crippen LogP contribution in [0.3, 0.4) is 0 Å². The van der Waals surface area contributed by atoms with Crippen molar-refractivity contribution in [1.82, 2.24) is 20.1 Å². The van der Waals surface area contributed by atoms with E-state index in [4.69, 9.17) is 14.2 Å². The monoisotopic (exact) mass is 458 g/mol. The molecule has 1 aromatic heterocycles. The topological polar surface area (TPSA) is 87.5 Å². The number of aromatic nitrogens is 3. The standard InChI is InChI=1S/C26H26N4O4/c1-2-32-25-16-21(10-13-24(25)34-15-14-33-23-6-4-3-5-7-23)26(31)28-17-20-8-11-22(12-9-20)30-19-27-18-29-30/h3-13,16,18-19H,2,14-15,17H2,1H3,(H,28,31). The van der Waals surface area contributed by atoms with Crippen LogP contribution in [-0.4, -0.2) is 40.5 Å². The van der Waals surface area contributed by atoms with Crippen LogP contribution in [0.25, 0.3) is 5.69 Å². The molecular formula is C26H26N4O4. The van der Waals surface area contributed by atoms with E-state index in [0.717, 1.165) is 17.0 Å². The van der Waals surface area contributed by atoms with Gasteiger partial charge < -0.3 is 19.5 Å². The van der Waals surface area contributed by atoms with Crippen molar-refractivity contribution in [3.63, 3.8) is 0 Å². The first-order valence-corrected chi connectivity index (χ1v) is 11.0. The largest absolute Gasteiger partial charge is 0.490 e. The number of carbonyl (C=O) groups excluding carboxylic acids is 1. The molecule has 34 heavy (non-hydrogen) atoms. The first kappa shape index (κ1) is 22.8. The molecule has 1 amide bonds. The van der Waals surface area contributed by atoms with Gasteiger partial charge in [0.1, 0.15) is 31.6 Å². The molecule has 0 fully saturated rings. The molecule has 1 heterocycles. The van der Waals surface area contributed by atoms with Gasteiger partial charge in [0.15, 0.2) is 11.5 Å². The van der Waals surface area contributed by atoms with Crippen molar-refractivity contribution >= 4 is 5.91 Å². The van der Waals surface area contributed by atoms with E-state index in [2.05, 4.69) is 15.4 Å². The summed E-state index contributed by atoms with van der Waals surface area (Å²) in [5, 5.41) is 7.04. The minimum Gasteiger partial charge on any atom is -0.490 e. The molecule has 0 saturated carbocycles. The van der Waals surface area contributed by atoms with Crippen molar-refractivity contribution in [3.05, 3.63) is 96.6 Å². The van der Waals surface area contributed by atoms with Crippen molar-refractivity contribution in [1.29, 1.82) is 0 Å². The number of ether oxygens (including phenoxy) is 3. The lowest BCUT2D eigenvalue weighted by molar-refractivity contribution is 0.0950. The van der Waals surface area contributed by atoms with E-state index in [1.165, 1.54) is 6.33 Å². The lowest BCUT2D eigenvalue weighted by atomic mass is 10.1. The highest BCUT2D eigenvalue weighted by Gasteiger charge is 2.12. The van der Waals surface area contributed by atoms with Gasteiger partial charge in [-0.15, -0.1) is 0 Å². The Labute approximate surface area is 198 Å². The van der Waals surface area contributed by atoms with E-state index in [-0.39, 0.29) is 5.91 Å².